The summed E-state index contributed by atoms with van der Waals surface area (Å²) in [5, 5.41) is 0. The molecule has 0 spiro atoms. The second-order valence-corrected chi connectivity index (χ2v) is 4.63. The standard InChI is InChI=1S/C11H22N2O/c1-14-9-5-7-13(8-6-9)11-4-2-3-10(11)12/h9-11H,2-8,12H2,1H3/t10-,11-/m1/s1. The van der Waals surface area contributed by atoms with Crippen molar-refractivity contribution >= 4 is 0 Å². The molecule has 1 saturated carbocycles. The molecule has 0 aromatic carbocycles. The molecule has 1 saturated heterocycles. The lowest BCUT2D eigenvalue weighted by Gasteiger charge is -2.37. The van der Waals surface area contributed by atoms with Crippen LogP contribution in [0.2, 0.25) is 0 Å². The zero-order valence-corrected chi connectivity index (χ0v) is 9.11. The summed E-state index contributed by atoms with van der Waals surface area (Å²) < 4.78 is 5.37. The van der Waals surface area contributed by atoms with Crippen LogP contribution >= 0.6 is 0 Å². The topological polar surface area (TPSA) is 38.5 Å². The largest absolute Gasteiger partial charge is 0.381 e. The smallest absolute Gasteiger partial charge is 0.0595 e. The Morgan fingerprint density at radius 1 is 1.14 bits per heavy atom. The van der Waals surface area contributed by atoms with E-state index in [9.17, 15) is 0 Å². The van der Waals surface area contributed by atoms with Crippen molar-refractivity contribution in [1.82, 2.24) is 4.90 Å². The van der Waals surface area contributed by atoms with Crippen LogP contribution in [0.25, 0.3) is 0 Å². The number of nitrogens with zero attached hydrogens (tertiary/aromatic N) is 1. The molecule has 1 aliphatic heterocycles. The first kappa shape index (κ1) is 10.4. The van der Waals surface area contributed by atoms with Crippen LogP contribution in [0.3, 0.4) is 0 Å². The second kappa shape index (κ2) is 4.60. The fraction of sp³-hybridized carbons (Fsp3) is 1.00. The number of hydrogen-bond acceptors (Lipinski definition) is 3. The predicted molar refractivity (Wildman–Crippen MR) is 57.2 cm³/mol. The van der Waals surface area contributed by atoms with Crippen LogP contribution in [0.4, 0.5) is 0 Å². The van der Waals surface area contributed by atoms with Gasteiger partial charge in [-0.15, -0.1) is 0 Å². The van der Waals surface area contributed by atoms with E-state index in [2.05, 4.69) is 4.90 Å². The minimum Gasteiger partial charge on any atom is -0.381 e. The van der Waals surface area contributed by atoms with Gasteiger partial charge in [0.15, 0.2) is 0 Å². The molecule has 3 nitrogen and oxygen atoms in total. The van der Waals surface area contributed by atoms with Gasteiger partial charge in [0.05, 0.1) is 6.10 Å². The summed E-state index contributed by atoms with van der Waals surface area (Å²) in [4.78, 5) is 2.58. The molecule has 14 heavy (non-hydrogen) atoms. The molecule has 2 N–H and O–H groups in total. The Hall–Kier alpha value is -0.120. The molecular weight excluding hydrogens is 176 g/mol. The Bertz CT molecular complexity index is 178. The maximum atomic E-state index is 6.10. The highest BCUT2D eigenvalue weighted by Crippen LogP contribution is 2.25. The molecule has 0 radical (unpaired) electrons. The monoisotopic (exact) mass is 198 g/mol. The molecule has 1 heterocycles. The molecule has 3 heteroatoms. The number of methoxy groups -OCH3 is 1. The number of hydrogen-bond donors (Lipinski definition) is 1. The first-order valence-electron chi connectivity index (χ1n) is 5.83. The zero-order valence-electron chi connectivity index (χ0n) is 9.11. The van der Waals surface area contributed by atoms with Gasteiger partial charge in [-0.25, -0.2) is 0 Å². The average Bonchev–Trinajstić information content (AvgIpc) is 2.65. The third-order valence-electron chi connectivity index (χ3n) is 3.81. The average molecular weight is 198 g/mol. The van der Waals surface area contributed by atoms with E-state index in [1.165, 1.54) is 45.2 Å². The van der Waals surface area contributed by atoms with Crippen molar-refractivity contribution in [2.45, 2.75) is 50.3 Å². The molecule has 0 unspecified atom stereocenters. The molecule has 0 aromatic rings. The third-order valence-corrected chi connectivity index (χ3v) is 3.81. The van der Waals surface area contributed by atoms with Crippen LogP contribution in [0, 0.1) is 0 Å². The van der Waals surface area contributed by atoms with E-state index >= 15 is 0 Å². The molecule has 0 aromatic heterocycles. The maximum absolute atomic E-state index is 6.10. The van der Waals surface area contributed by atoms with E-state index in [4.69, 9.17) is 10.5 Å². The van der Waals surface area contributed by atoms with Crippen LogP contribution in [-0.4, -0.2) is 43.3 Å². The summed E-state index contributed by atoms with van der Waals surface area (Å²) in [6, 6.07) is 1.09. The highest BCUT2D eigenvalue weighted by Gasteiger charge is 2.31. The minimum atomic E-state index is 0.425. The lowest BCUT2D eigenvalue weighted by Crippen LogP contribution is -2.48. The van der Waals surface area contributed by atoms with Crippen molar-refractivity contribution in [2.75, 3.05) is 20.2 Å². The maximum Gasteiger partial charge on any atom is 0.0595 e. The summed E-state index contributed by atoms with van der Waals surface area (Å²) in [6.45, 7) is 2.35. The third kappa shape index (κ3) is 2.10. The fourth-order valence-corrected chi connectivity index (χ4v) is 2.87. The van der Waals surface area contributed by atoms with Crippen LogP contribution in [0.5, 0.6) is 0 Å². The van der Waals surface area contributed by atoms with Crippen molar-refractivity contribution in [3.63, 3.8) is 0 Å². The van der Waals surface area contributed by atoms with Gasteiger partial charge >= 0.3 is 0 Å². The molecule has 2 fully saturated rings. The van der Waals surface area contributed by atoms with Crippen LogP contribution in [-0.2, 0) is 4.74 Å². The Labute approximate surface area is 86.6 Å². The minimum absolute atomic E-state index is 0.425. The number of piperidine rings is 1. The zero-order chi connectivity index (χ0) is 9.97. The van der Waals surface area contributed by atoms with Gasteiger partial charge in [-0.05, 0) is 25.7 Å². The van der Waals surface area contributed by atoms with Crippen molar-refractivity contribution in [3.8, 4) is 0 Å². The van der Waals surface area contributed by atoms with Gasteiger partial charge in [0.25, 0.3) is 0 Å². The normalized spacial score (nSPS) is 36.4. The Kier molecular flexibility index (Phi) is 3.42. The molecule has 2 atom stereocenters. The van der Waals surface area contributed by atoms with Crippen molar-refractivity contribution in [3.05, 3.63) is 0 Å². The molecule has 2 aliphatic rings. The van der Waals surface area contributed by atoms with E-state index in [0.717, 1.165) is 0 Å². The summed E-state index contributed by atoms with van der Waals surface area (Å²) in [5.74, 6) is 0. The van der Waals surface area contributed by atoms with Crippen LogP contribution < -0.4 is 5.73 Å². The van der Waals surface area contributed by atoms with Gasteiger partial charge in [-0.3, -0.25) is 4.90 Å². The Morgan fingerprint density at radius 2 is 1.86 bits per heavy atom. The molecular formula is C11H22N2O. The van der Waals surface area contributed by atoms with Crippen LogP contribution in [0.15, 0.2) is 0 Å². The number of ether oxygens (including phenoxy) is 1. The van der Waals surface area contributed by atoms with Crippen molar-refractivity contribution < 1.29 is 4.74 Å². The summed E-state index contributed by atoms with van der Waals surface area (Å²) >= 11 is 0. The lowest BCUT2D eigenvalue weighted by molar-refractivity contribution is 0.0259. The Morgan fingerprint density at radius 3 is 2.36 bits per heavy atom. The SMILES string of the molecule is COC1CCN([C@@H]2CCC[C@H]2N)CC1. The fourth-order valence-electron chi connectivity index (χ4n) is 2.87. The molecule has 2 rings (SSSR count). The second-order valence-electron chi connectivity index (χ2n) is 4.63. The van der Waals surface area contributed by atoms with E-state index in [1.54, 1.807) is 0 Å². The first-order valence-corrected chi connectivity index (χ1v) is 5.83. The lowest BCUT2D eigenvalue weighted by atomic mass is 10.0. The quantitative estimate of drug-likeness (QED) is 0.719. The molecule has 0 bridgehead atoms. The Balaban J connectivity index is 1.82. The number of nitrogens with two attached hydrogens (primary N) is 1. The van der Waals surface area contributed by atoms with E-state index < -0.39 is 0 Å². The van der Waals surface area contributed by atoms with E-state index in [-0.39, 0.29) is 0 Å². The van der Waals surface area contributed by atoms with Crippen LogP contribution in [0.1, 0.15) is 32.1 Å². The first-order chi connectivity index (χ1) is 6.81. The molecule has 82 valence electrons. The van der Waals surface area contributed by atoms with Crippen molar-refractivity contribution in [2.24, 2.45) is 5.73 Å². The molecule has 0 amide bonds. The number of likely N-dealkylation sites (tertiary alicyclic amines) is 1. The van der Waals surface area contributed by atoms with Gasteiger partial charge < -0.3 is 10.5 Å². The van der Waals surface area contributed by atoms with Gasteiger partial charge in [0.1, 0.15) is 0 Å². The van der Waals surface area contributed by atoms with Gasteiger partial charge in [0, 0.05) is 32.3 Å². The molecule has 1 aliphatic carbocycles. The summed E-state index contributed by atoms with van der Waals surface area (Å²) in [7, 11) is 1.82. The summed E-state index contributed by atoms with van der Waals surface area (Å²) in [6.07, 6.45) is 6.69. The van der Waals surface area contributed by atoms with Gasteiger partial charge in [-0.2, -0.15) is 0 Å². The highest BCUT2D eigenvalue weighted by atomic mass is 16.5. The summed E-state index contributed by atoms with van der Waals surface area (Å²) in [5.41, 5.74) is 6.10. The van der Waals surface area contributed by atoms with Gasteiger partial charge in [0.2, 0.25) is 0 Å². The predicted octanol–water partition coefficient (Wildman–Crippen LogP) is 0.977. The van der Waals surface area contributed by atoms with Gasteiger partial charge in [-0.1, -0.05) is 6.42 Å². The highest BCUT2D eigenvalue weighted by molar-refractivity contribution is 4.90. The van der Waals surface area contributed by atoms with E-state index in [1.807, 2.05) is 7.11 Å². The van der Waals surface area contributed by atoms with Crippen molar-refractivity contribution in [1.29, 1.82) is 0 Å². The van der Waals surface area contributed by atoms with E-state index in [0.29, 0.717) is 18.2 Å². The number of rotatable bonds is 2.